The van der Waals surface area contributed by atoms with E-state index in [1.165, 1.54) is 0 Å². The van der Waals surface area contributed by atoms with Gasteiger partial charge in [-0.25, -0.2) is 0 Å². The van der Waals surface area contributed by atoms with Crippen LogP contribution >= 0.6 is 0 Å². The number of hydrogen-bond donors (Lipinski definition) is 2. The quantitative estimate of drug-likeness (QED) is 0.691. The summed E-state index contributed by atoms with van der Waals surface area (Å²) in [4.78, 5) is 4.27. The fraction of sp³-hybridized carbons (Fsp3) is 0.500. The van der Waals surface area contributed by atoms with Crippen molar-refractivity contribution >= 4 is 0 Å². The Morgan fingerprint density at radius 1 is 1.57 bits per heavy atom. The molecule has 4 nitrogen and oxygen atoms in total. The number of pyridine rings is 1. The number of aliphatic hydroxyl groups is 1. The summed E-state index contributed by atoms with van der Waals surface area (Å²) in [5.41, 5.74) is 6.50. The van der Waals surface area contributed by atoms with E-state index in [1.807, 2.05) is 18.2 Å². The highest BCUT2D eigenvalue weighted by Crippen LogP contribution is 2.33. The Hall–Kier alpha value is -0.970. The zero-order chi connectivity index (χ0) is 10.0. The maximum Gasteiger partial charge on any atom is 0.0765 e. The average molecular weight is 194 g/mol. The monoisotopic (exact) mass is 194 g/mol. The maximum absolute atomic E-state index is 9.09. The molecule has 1 unspecified atom stereocenters. The Morgan fingerprint density at radius 3 is 2.79 bits per heavy atom. The molecule has 0 saturated carbocycles. The summed E-state index contributed by atoms with van der Waals surface area (Å²) in [5.74, 6) is 0. The van der Waals surface area contributed by atoms with Crippen molar-refractivity contribution in [3.8, 4) is 0 Å². The van der Waals surface area contributed by atoms with Gasteiger partial charge in [-0.2, -0.15) is 0 Å². The van der Waals surface area contributed by atoms with Crippen LogP contribution in [-0.2, 0) is 10.2 Å². The van der Waals surface area contributed by atoms with Crippen LogP contribution in [-0.4, -0.2) is 36.0 Å². The molecular weight excluding hydrogens is 180 g/mol. The highest BCUT2D eigenvalue weighted by atomic mass is 16.5. The van der Waals surface area contributed by atoms with E-state index in [1.54, 1.807) is 6.20 Å². The molecule has 0 spiro atoms. The van der Waals surface area contributed by atoms with Crippen molar-refractivity contribution in [2.75, 3.05) is 19.8 Å². The third-order valence-electron chi connectivity index (χ3n) is 2.80. The predicted molar refractivity (Wildman–Crippen MR) is 51.8 cm³/mol. The molecular formula is C10H14N2O2. The van der Waals surface area contributed by atoms with Gasteiger partial charge >= 0.3 is 0 Å². The maximum atomic E-state index is 9.09. The molecule has 76 valence electrons. The van der Waals surface area contributed by atoms with Crippen LogP contribution in [0.25, 0.3) is 0 Å². The summed E-state index contributed by atoms with van der Waals surface area (Å²) in [6.07, 6.45) is 1.74. The van der Waals surface area contributed by atoms with E-state index in [-0.39, 0.29) is 18.1 Å². The first kappa shape index (κ1) is 9.58. The van der Waals surface area contributed by atoms with Gasteiger partial charge in [0.05, 0.1) is 30.9 Å². The van der Waals surface area contributed by atoms with Gasteiger partial charge in [-0.05, 0) is 12.1 Å². The molecule has 1 atom stereocenters. The van der Waals surface area contributed by atoms with E-state index in [0.717, 1.165) is 5.69 Å². The highest BCUT2D eigenvalue weighted by molar-refractivity contribution is 5.23. The van der Waals surface area contributed by atoms with E-state index >= 15 is 0 Å². The first-order chi connectivity index (χ1) is 6.79. The molecule has 0 aliphatic carbocycles. The molecule has 0 aromatic carbocycles. The lowest BCUT2D eigenvalue weighted by Gasteiger charge is -2.44. The van der Waals surface area contributed by atoms with E-state index in [4.69, 9.17) is 15.6 Å². The Kier molecular flexibility index (Phi) is 2.50. The second-order valence-corrected chi connectivity index (χ2v) is 3.65. The molecule has 1 aromatic heterocycles. The summed E-state index contributed by atoms with van der Waals surface area (Å²) < 4.78 is 5.18. The van der Waals surface area contributed by atoms with Crippen LogP contribution < -0.4 is 5.73 Å². The number of hydrogen-bond acceptors (Lipinski definition) is 4. The van der Waals surface area contributed by atoms with Crippen molar-refractivity contribution in [3.05, 3.63) is 30.1 Å². The molecule has 0 radical (unpaired) electrons. The van der Waals surface area contributed by atoms with Crippen LogP contribution in [0.1, 0.15) is 5.69 Å². The van der Waals surface area contributed by atoms with Crippen LogP contribution in [0.2, 0.25) is 0 Å². The third kappa shape index (κ3) is 1.32. The Labute approximate surface area is 82.7 Å². The number of nitrogens with two attached hydrogens (primary N) is 1. The van der Waals surface area contributed by atoms with E-state index in [9.17, 15) is 0 Å². The first-order valence-electron chi connectivity index (χ1n) is 4.65. The lowest BCUT2D eigenvalue weighted by Crippen LogP contribution is -2.60. The topological polar surface area (TPSA) is 68.4 Å². The van der Waals surface area contributed by atoms with Crippen molar-refractivity contribution in [1.82, 2.24) is 4.98 Å². The summed E-state index contributed by atoms with van der Waals surface area (Å²) >= 11 is 0. The van der Waals surface area contributed by atoms with Gasteiger partial charge in [0.1, 0.15) is 0 Å². The Bertz CT molecular complexity index is 298. The van der Waals surface area contributed by atoms with Crippen molar-refractivity contribution in [3.63, 3.8) is 0 Å². The van der Waals surface area contributed by atoms with Gasteiger partial charge in [-0.3, -0.25) is 4.98 Å². The standard InChI is InChI=1S/C10H14N2O2/c11-8(5-13)10(6-14-7-10)9-3-1-2-4-12-9/h1-4,8,13H,5-7,11H2. The summed E-state index contributed by atoms with van der Waals surface area (Å²) in [6, 6.07) is 5.41. The van der Waals surface area contributed by atoms with Crippen molar-refractivity contribution in [2.45, 2.75) is 11.5 Å². The molecule has 1 aromatic rings. The number of nitrogens with zero attached hydrogens (tertiary/aromatic N) is 1. The minimum Gasteiger partial charge on any atom is -0.395 e. The van der Waals surface area contributed by atoms with Crippen molar-refractivity contribution in [2.24, 2.45) is 5.73 Å². The smallest absolute Gasteiger partial charge is 0.0765 e. The van der Waals surface area contributed by atoms with E-state index in [0.29, 0.717) is 13.2 Å². The van der Waals surface area contributed by atoms with Gasteiger partial charge < -0.3 is 15.6 Å². The van der Waals surface area contributed by atoms with Gasteiger partial charge in [-0.1, -0.05) is 6.07 Å². The Balaban J connectivity index is 2.29. The normalized spacial score (nSPS) is 21.3. The fourth-order valence-corrected chi connectivity index (χ4v) is 1.71. The largest absolute Gasteiger partial charge is 0.395 e. The van der Waals surface area contributed by atoms with E-state index < -0.39 is 0 Å². The van der Waals surface area contributed by atoms with Crippen LogP contribution in [0, 0.1) is 0 Å². The molecule has 1 fully saturated rings. The molecule has 3 N–H and O–H groups in total. The van der Waals surface area contributed by atoms with Crippen LogP contribution in [0.3, 0.4) is 0 Å². The summed E-state index contributed by atoms with van der Waals surface area (Å²) in [7, 11) is 0. The van der Waals surface area contributed by atoms with Gasteiger partial charge in [0.15, 0.2) is 0 Å². The number of rotatable bonds is 3. The molecule has 2 heterocycles. The van der Waals surface area contributed by atoms with Gasteiger partial charge in [0, 0.05) is 12.2 Å². The number of aromatic nitrogens is 1. The van der Waals surface area contributed by atoms with Crippen LogP contribution in [0.5, 0.6) is 0 Å². The minimum absolute atomic E-state index is 0.0417. The SMILES string of the molecule is NC(CO)C1(c2ccccn2)COC1. The molecule has 1 aliphatic heterocycles. The van der Waals surface area contributed by atoms with Crippen LogP contribution in [0.4, 0.5) is 0 Å². The van der Waals surface area contributed by atoms with E-state index in [2.05, 4.69) is 4.98 Å². The van der Waals surface area contributed by atoms with Gasteiger partial charge in [-0.15, -0.1) is 0 Å². The van der Waals surface area contributed by atoms with Gasteiger partial charge in [0.25, 0.3) is 0 Å². The second-order valence-electron chi connectivity index (χ2n) is 3.65. The summed E-state index contributed by atoms with van der Waals surface area (Å²) in [5, 5.41) is 9.09. The molecule has 0 amide bonds. The lowest BCUT2D eigenvalue weighted by molar-refractivity contribution is -0.0819. The van der Waals surface area contributed by atoms with Gasteiger partial charge in [0.2, 0.25) is 0 Å². The molecule has 1 aliphatic rings. The first-order valence-corrected chi connectivity index (χ1v) is 4.65. The number of ether oxygens (including phenoxy) is 1. The fourth-order valence-electron chi connectivity index (χ4n) is 1.71. The minimum atomic E-state index is -0.300. The molecule has 1 saturated heterocycles. The highest BCUT2D eigenvalue weighted by Gasteiger charge is 2.46. The molecule has 4 heteroatoms. The number of aliphatic hydroxyl groups excluding tert-OH is 1. The Morgan fingerprint density at radius 2 is 2.36 bits per heavy atom. The zero-order valence-corrected chi connectivity index (χ0v) is 7.89. The van der Waals surface area contributed by atoms with Crippen molar-refractivity contribution in [1.29, 1.82) is 0 Å². The summed E-state index contributed by atoms with van der Waals surface area (Å²) in [6.45, 7) is 1.05. The molecule has 2 rings (SSSR count). The molecule has 0 bridgehead atoms. The van der Waals surface area contributed by atoms with Crippen LogP contribution in [0.15, 0.2) is 24.4 Å². The zero-order valence-electron chi connectivity index (χ0n) is 7.89. The third-order valence-corrected chi connectivity index (χ3v) is 2.80. The molecule has 14 heavy (non-hydrogen) atoms. The predicted octanol–water partition coefficient (Wildman–Crippen LogP) is -0.331. The van der Waals surface area contributed by atoms with Crippen molar-refractivity contribution < 1.29 is 9.84 Å². The lowest BCUT2D eigenvalue weighted by atomic mass is 9.75. The second kappa shape index (κ2) is 3.65. The average Bonchev–Trinajstić information content (AvgIpc) is 2.17.